The molecule has 1 rings (SSSR count). The molecular weight excluding hydrogens is 184 g/mol. The van der Waals surface area contributed by atoms with Crippen LogP contribution in [0.1, 0.15) is 46.5 Å². The summed E-state index contributed by atoms with van der Waals surface area (Å²) in [5.74, 6) is 0. The molecule has 2 heteroatoms. The molecule has 1 saturated carbocycles. The molecule has 0 aromatic rings. The summed E-state index contributed by atoms with van der Waals surface area (Å²) < 4.78 is 0. The predicted molar refractivity (Wildman–Crippen MR) is 67.2 cm³/mol. The molecule has 0 spiro atoms. The van der Waals surface area contributed by atoms with Crippen LogP contribution in [-0.4, -0.2) is 37.6 Å². The monoisotopic (exact) mass is 212 g/mol. The summed E-state index contributed by atoms with van der Waals surface area (Å²) in [6.07, 6.45) is 5.44. The lowest BCUT2D eigenvalue weighted by atomic mass is 9.82. The maximum absolute atomic E-state index is 3.82. The quantitative estimate of drug-likeness (QED) is 0.753. The third-order valence-corrected chi connectivity index (χ3v) is 3.45. The Labute approximate surface area is 95.4 Å². The van der Waals surface area contributed by atoms with Crippen molar-refractivity contribution in [3.63, 3.8) is 0 Å². The second-order valence-electron chi connectivity index (χ2n) is 6.31. The molecule has 1 N–H and O–H groups in total. The lowest BCUT2D eigenvalue weighted by molar-refractivity contribution is 0.186. The van der Waals surface area contributed by atoms with Gasteiger partial charge in [0.2, 0.25) is 0 Å². The number of nitrogens with one attached hydrogen (secondary N) is 1. The Morgan fingerprint density at radius 1 is 1.27 bits per heavy atom. The highest BCUT2D eigenvalue weighted by Gasteiger charge is 2.28. The third kappa shape index (κ3) is 4.52. The molecule has 0 bridgehead atoms. The average Bonchev–Trinajstić information content (AvgIpc) is 1.97. The van der Waals surface area contributed by atoms with E-state index < -0.39 is 0 Å². The lowest BCUT2D eigenvalue weighted by Gasteiger charge is -2.38. The maximum atomic E-state index is 3.82. The Morgan fingerprint density at radius 3 is 2.20 bits per heavy atom. The normalized spacial score (nSPS) is 20.4. The van der Waals surface area contributed by atoms with E-state index in [-0.39, 0.29) is 0 Å². The zero-order valence-electron chi connectivity index (χ0n) is 11.1. The minimum Gasteiger partial charge on any atom is -0.311 e. The minimum atomic E-state index is 0.381. The first-order valence-electron chi connectivity index (χ1n) is 6.30. The first kappa shape index (κ1) is 13.0. The number of rotatable bonds is 5. The standard InChI is InChI=1S/C13H28N2/c1-13(2,3)12(9-10-15(4)5)14-11-7-6-8-11/h11-12,14H,6-10H2,1-5H3. The molecule has 1 aliphatic carbocycles. The van der Waals surface area contributed by atoms with Gasteiger partial charge in [0, 0.05) is 12.1 Å². The van der Waals surface area contributed by atoms with Crippen molar-refractivity contribution in [1.82, 2.24) is 10.2 Å². The van der Waals surface area contributed by atoms with Crippen molar-refractivity contribution in [2.24, 2.45) is 5.41 Å². The lowest BCUT2D eigenvalue weighted by Crippen LogP contribution is -2.49. The van der Waals surface area contributed by atoms with Gasteiger partial charge in [-0.05, 0) is 45.3 Å². The second-order valence-corrected chi connectivity index (χ2v) is 6.31. The molecule has 1 aliphatic rings. The molecule has 1 fully saturated rings. The summed E-state index contributed by atoms with van der Waals surface area (Å²) in [6, 6.07) is 1.46. The maximum Gasteiger partial charge on any atom is 0.0130 e. The van der Waals surface area contributed by atoms with Crippen LogP contribution >= 0.6 is 0 Å². The van der Waals surface area contributed by atoms with Crippen molar-refractivity contribution in [1.29, 1.82) is 0 Å². The Bertz CT molecular complexity index is 177. The van der Waals surface area contributed by atoms with Crippen LogP contribution < -0.4 is 5.32 Å². The summed E-state index contributed by atoms with van der Waals surface area (Å²) in [5.41, 5.74) is 0.381. The van der Waals surface area contributed by atoms with Gasteiger partial charge < -0.3 is 10.2 Å². The van der Waals surface area contributed by atoms with Crippen molar-refractivity contribution in [3.8, 4) is 0 Å². The van der Waals surface area contributed by atoms with Crippen LogP contribution in [0.15, 0.2) is 0 Å². The molecule has 0 saturated heterocycles. The van der Waals surface area contributed by atoms with E-state index in [2.05, 4.69) is 45.1 Å². The van der Waals surface area contributed by atoms with Crippen molar-refractivity contribution in [3.05, 3.63) is 0 Å². The van der Waals surface area contributed by atoms with Crippen molar-refractivity contribution < 1.29 is 0 Å². The van der Waals surface area contributed by atoms with Crippen molar-refractivity contribution in [2.75, 3.05) is 20.6 Å². The van der Waals surface area contributed by atoms with Crippen LogP contribution in [0.4, 0.5) is 0 Å². The molecule has 0 heterocycles. The SMILES string of the molecule is CN(C)CCC(NC1CCC1)C(C)(C)C. The van der Waals surface area contributed by atoms with Gasteiger partial charge in [-0.3, -0.25) is 0 Å². The van der Waals surface area contributed by atoms with Gasteiger partial charge in [0.25, 0.3) is 0 Å². The molecule has 15 heavy (non-hydrogen) atoms. The zero-order valence-corrected chi connectivity index (χ0v) is 11.1. The van der Waals surface area contributed by atoms with Crippen molar-refractivity contribution >= 4 is 0 Å². The fourth-order valence-corrected chi connectivity index (χ4v) is 2.01. The van der Waals surface area contributed by atoms with Crippen LogP contribution in [-0.2, 0) is 0 Å². The molecule has 0 radical (unpaired) electrons. The van der Waals surface area contributed by atoms with Gasteiger partial charge in [-0.15, -0.1) is 0 Å². The minimum absolute atomic E-state index is 0.381. The number of hydrogen-bond donors (Lipinski definition) is 1. The molecule has 2 nitrogen and oxygen atoms in total. The zero-order chi connectivity index (χ0) is 11.5. The topological polar surface area (TPSA) is 15.3 Å². The van der Waals surface area contributed by atoms with Crippen LogP contribution in [0, 0.1) is 5.41 Å². The first-order valence-corrected chi connectivity index (χ1v) is 6.30. The van der Waals surface area contributed by atoms with Crippen LogP contribution in [0.2, 0.25) is 0 Å². The Morgan fingerprint density at radius 2 is 1.87 bits per heavy atom. The van der Waals surface area contributed by atoms with E-state index in [1.54, 1.807) is 0 Å². The van der Waals surface area contributed by atoms with Gasteiger partial charge in [0.1, 0.15) is 0 Å². The summed E-state index contributed by atoms with van der Waals surface area (Å²) in [5, 5.41) is 3.82. The molecule has 90 valence electrons. The summed E-state index contributed by atoms with van der Waals surface area (Å²) in [4.78, 5) is 2.28. The van der Waals surface area contributed by atoms with Gasteiger partial charge in [-0.25, -0.2) is 0 Å². The second kappa shape index (κ2) is 5.31. The summed E-state index contributed by atoms with van der Waals surface area (Å²) in [6.45, 7) is 8.22. The third-order valence-electron chi connectivity index (χ3n) is 3.45. The molecule has 1 atom stereocenters. The van der Waals surface area contributed by atoms with Crippen LogP contribution in [0.3, 0.4) is 0 Å². The van der Waals surface area contributed by atoms with E-state index >= 15 is 0 Å². The smallest absolute Gasteiger partial charge is 0.0130 e. The molecule has 0 aromatic carbocycles. The Hall–Kier alpha value is -0.0800. The largest absolute Gasteiger partial charge is 0.311 e. The molecular formula is C13H28N2. The van der Waals surface area contributed by atoms with Gasteiger partial charge in [-0.1, -0.05) is 27.2 Å². The van der Waals surface area contributed by atoms with E-state index in [0.717, 1.165) is 6.04 Å². The van der Waals surface area contributed by atoms with Crippen LogP contribution in [0.5, 0.6) is 0 Å². The summed E-state index contributed by atoms with van der Waals surface area (Å²) >= 11 is 0. The Kier molecular flexibility index (Phi) is 4.60. The number of nitrogens with zero attached hydrogens (tertiary/aromatic N) is 1. The number of hydrogen-bond acceptors (Lipinski definition) is 2. The van der Waals surface area contributed by atoms with Gasteiger partial charge in [0.15, 0.2) is 0 Å². The first-order chi connectivity index (χ1) is 6.89. The molecule has 0 aliphatic heterocycles. The van der Waals surface area contributed by atoms with Crippen molar-refractivity contribution in [2.45, 2.75) is 58.5 Å². The average molecular weight is 212 g/mol. The molecule has 0 aromatic heterocycles. The highest BCUT2D eigenvalue weighted by molar-refractivity contribution is 4.87. The highest BCUT2D eigenvalue weighted by Crippen LogP contribution is 2.26. The summed E-state index contributed by atoms with van der Waals surface area (Å²) in [7, 11) is 4.31. The van der Waals surface area contributed by atoms with Crippen LogP contribution in [0.25, 0.3) is 0 Å². The van der Waals surface area contributed by atoms with Gasteiger partial charge >= 0.3 is 0 Å². The van der Waals surface area contributed by atoms with Gasteiger partial charge in [0.05, 0.1) is 0 Å². The molecule has 1 unspecified atom stereocenters. The fraction of sp³-hybridized carbons (Fsp3) is 1.00. The van der Waals surface area contributed by atoms with E-state index in [4.69, 9.17) is 0 Å². The van der Waals surface area contributed by atoms with E-state index in [1.807, 2.05) is 0 Å². The van der Waals surface area contributed by atoms with E-state index in [0.29, 0.717) is 11.5 Å². The Balaban J connectivity index is 2.37. The van der Waals surface area contributed by atoms with Gasteiger partial charge in [-0.2, -0.15) is 0 Å². The van der Waals surface area contributed by atoms with E-state index in [9.17, 15) is 0 Å². The molecule has 0 amide bonds. The predicted octanol–water partition coefficient (Wildman–Crippen LogP) is 2.49. The fourth-order valence-electron chi connectivity index (χ4n) is 2.01. The van der Waals surface area contributed by atoms with E-state index in [1.165, 1.54) is 32.2 Å². The highest BCUT2D eigenvalue weighted by atomic mass is 15.1.